The van der Waals surface area contributed by atoms with Crippen LogP contribution in [0.15, 0.2) is 28.5 Å². The molecule has 0 spiro atoms. The molecule has 0 aromatic carbocycles. The van der Waals surface area contributed by atoms with Crippen molar-refractivity contribution in [3.63, 3.8) is 0 Å². The molecule has 1 rings (SSSR count). The molecule has 0 aliphatic carbocycles. The lowest BCUT2D eigenvalue weighted by molar-refractivity contribution is 0.00920. The first kappa shape index (κ1) is 14.5. The summed E-state index contributed by atoms with van der Waals surface area (Å²) >= 11 is 0. The summed E-state index contributed by atoms with van der Waals surface area (Å²) in [6.45, 7) is 6.20. The standard InChI is InChI=1S/C12H23N5O/c1-6-4-9(14)18-5-8(6)10(12(16)17-3)11(15)7(2)13/h8-10H,1,4-5,13-15H2,2-3H3,(H2,16,17)/b11-7+. The van der Waals surface area contributed by atoms with Crippen LogP contribution in [-0.2, 0) is 4.74 Å². The Balaban J connectivity index is 3.05. The van der Waals surface area contributed by atoms with E-state index in [1.807, 2.05) is 0 Å². The number of nitrogens with two attached hydrogens (primary N) is 4. The molecular formula is C12H23N5O. The van der Waals surface area contributed by atoms with E-state index in [-0.39, 0.29) is 18.1 Å². The van der Waals surface area contributed by atoms with Gasteiger partial charge in [0.2, 0.25) is 0 Å². The van der Waals surface area contributed by atoms with Gasteiger partial charge in [0, 0.05) is 30.8 Å². The predicted octanol–water partition coefficient (Wildman–Crippen LogP) is -0.384. The average molecular weight is 253 g/mol. The first-order valence-corrected chi connectivity index (χ1v) is 5.87. The molecule has 18 heavy (non-hydrogen) atoms. The van der Waals surface area contributed by atoms with Crippen LogP contribution >= 0.6 is 0 Å². The molecule has 0 amide bonds. The lowest BCUT2D eigenvalue weighted by Crippen LogP contribution is -2.43. The van der Waals surface area contributed by atoms with Gasteiger partial charge in [0.05, 0.1) is 12.5 Å². The number of aliphatic imine (C=N–C) groups is 1. The quantitative estimate of drug-likeness (QED) is 0.310. The topological polar surface area (TPSA) is 126 Å². The molecule has 1 heterocycles. The van der Waals surface area contributed by atoms with E-state index in [2.05, 4.69) is 11.6 Å². The first-order valence-electron chi connectivity index (χ1n) is 5.87. The van der Waals surface area contributed by atoms with Crippen molar-refractivity contribution >= 4 is 5.84 Å². The van der Waals surface area contributed by atoms with E-state index in [9.17, 15) is 0 Å². The lowest BCUT2D eigenvalue weighted by Gasteiger charge is -2.34. The fourth-order valence-corrected chi connectivity index (χ4v) is 2.11. The minimum atomic E-state index is -0.307. The van der Waals surface area contributed by atoms with Gasteiger partial charge in [0.25, 0.3) is 0 Å². The van der Waals surface area contributed by atoms with E-state index >= 15 is 0 Å². The molecule has 3 unspecified atom stereocenters. The minimum absolute atomic E-state index is 0.0352. The van der Waals surface area contributed by atoms with Gasteiger partial charge in [-0.25, -0.2) is 0 Å². The zero-order chi connectivity index (χ0) is 13.9. The van der Waals surface area contributed by atoms with Crippen LogP contribution in [0.25, 0.3) is 0 Å². The molecule has 1 aliphatic heterocycles. The van der Waals surface area contributed by atoms with Gasteiger partial charge in [-0.15, -0.1) is 0 Å². The van der Waals surface area contributed by atoms with Crippen LogP contribution in [0.3, 0.4) is 0 Å². The zero-order valence-electron chi connectivity index (χ0n) is 11.0. The van der Waals surface area contributed by atoms with E-state index in [0.29, 0.717) is 30.3 Å². The summed E-state index contributed by atoms with van der Waals surface area (Å²) in [4.78, 5) is 4.02. The highest BCUT2D eigenvalue weighted by Crippen LogP contribution is 2.31. The Hall–Kier alpha value is -1.53. The summed E-state index contributed by atoms with van der Waals surface area (Å²) in [5, 5.41) is 0. The Morgan fingerprint density at radius 3 is 2.50 bits per heavy atom. The van der Waals surface area contributed by atoms with Gasteiger partial charge in [-0.3, -0.25) is 4.99 Å². The lowest BCUT2D eigenvalue weighted by atomic mass is 9.80. The second kappa shape index (κ2) is 5.88. The van der Waals surface area contributed by atoms with Crippen molar-refractivity contribution < 1.29 is 4.74 Å². The average Bonchev–Trinajstić information content (AvgIpc) is 2.31. The summed E-state index contributed by atoms with van der Waals surface area (Å²) in [6.07, 6.45) is 0.285. The van der Waals surface area contributed by atoms with Crippen molar-refractivity contribution in [2.75, 3.05) is 13.7 Å². The smallest absolute Gasteiger partial charge is 0.109 e. The van der Waals surface area contributed by atoms with Gasteiger partial charge >= 0.3 is 0 Å². The number of rotatable bonds is 3. The van der Waals surface area contributed by atoms with Crippen molar-refractivity contribution in [1.29, 1.82) is 0 Å². The van der Waals surface area contributed by atoms with Crippen LogP contribution < -0.4 is 22.9 Å². The van der Waals surface area contributed by atoms with Crippen LogP contribution in [-0.4, -0.2) is 25.7 Å². The summed E-state index contributed by atoms with van der Waals surface area (Å²) < 4.78 is 5.45. The van der Waals surface area contributed by atoms with Crippen LogP contribution in [0.1, 0.15) is 13.3 Å². The van der Waals surface area contributed by atoms with Crippen molar-refractivity contribution in [2.45, 2.75) is 19.6 Å². The van der Waals surface area contributed by atoms with Crippen LogP contribution in [0.2, 0.25) is 0 Å². The Bertz CT molecular complexity index is 384. The molecule has 0 saturated carbocycles. The Morgan fingerprint density at radius 2 is 2.06 bits per heavy atom. The number of nitrogens with zero attached hydrogens (tertiary/aromatic N) is 1. The van der Waals surface area contributed by atoms with E-state index in [1.54, 1.807) is 14.0 Å². The highest BCUT2D eigenvalue weighted by atomic mass is 16.5. The third kappa shape index (κ3) is 3.02. The number of hydrogen-bond donors (Lipinski definition) is 4. The SMILES string of the molecule is C=C1CC(N)OCC1C(C(N)=NC)/C(N)=C(/C)N. The third-order valence-corrected chi connectivity index (χ3v) is 3.25. The monoisotopic (exact) mass is 253 g/mol. The molecule has 1 fully saturated rings. The molecule has 8 N–H and O–H groups in total. The van der Waals surface area contributed by atoms with Gasteiger partial charge in [-0.2, -0.15) is 0 Å². The van der Waals surface area contributed by atoms with E-state index < -0.39 is 0 Å². The third-order valence-electron chi connectivity index (χ3n) is 3.25. The molecule has 102 valence electrons. The number of allylic oxidation sites excluding steroid dienone is 1. The molecule has 1 aliphatic rings. The molecule has 0 aromatic heterocycles. The van der Waals surface area contributed by atoms with E-state index in [0.717, 1.165) is 5.57 Å². The van der Waals surface area contributed by atoms with Gasteiger partial charge in [-0.05, 0) is 6.92 Å². The number of hydrogen-bond acceptors (Lipinski definition) is 5. The van der Waals surface area contributed by atoms with Crippen molar-refractivity contribution in [1.82, 2.24) is 0 Å². The molecule has 0 aromatic rings. The predicted molar refractivity (Wildman–Crippen MR) is 73.3 cm³/mol. The highest BCUT2D eigenvalue weighted by Gasteiger charge is 2.34. The van der Waals surface area contributed by atoms with Crippen molar-refractivity contribution in [3.8, 4) is 0 Å². The maximum atomic E-state index is 6.03. The highest BCUT2D eigenvalue weighted by molar-refractivity contribution is 5.86. The molecular weight excluding hydrogens is 230 g/mol. The van der Waals surface area contributed by atoms with E-state index in [1.165, 1.54) is 0 Å². The normalized spacial score (nSPS) is 28.8. The van der Waals surface area contributed by atoms with Gasteiger partial charge in [0.1, 0.15) is 12.1 Å². The van der Waals surface area contributed by atoms with Crippen LogP contribution in [0.5, 0.6) is 0 Å². The first-order chi connectivity index (χ1) is 8.38. The maximum absolute atomic E-state index is 6.03. The molecule has 0 bridgehead atoms. The number of amidine groups is 1. The molecule has 3 atom stereocenters. The van der Waals surface area contributed by atoms with Gasteiger partial charge in [0.15, 0.2) is 0 Å². The van der Waals surface area contributed by atoms with Crippen LogP contribution in [0.4, 0.5) is 0 Å². The second-order valence-corrected chi connectivity index (χ2v) is 4.61. The molecule has 1 saturated heterocycles. The molecule has 6 heteroatoms. The van der Waals surface area contributed by atoms with Crippen LogP contribution in [0, 0.1) is 11.8 Å². The maximum Gasteiger partial charge on any atom is 0.109 e. The Labute approximate surface area is 108 Å². The Kier molecular flexibility index (Phi) is 4.75. The van der Waals surface area contributed by atoms with Crippen molar-refractivity contribution in [3.05, 3.63) is 23.5 Å². The summed E-state index contributed by atoms with van der Waals surface area (Å²) in [6, 6.07) is 0. The molecule has 0 radical (unpaired) electrons. The molecule has 6 nitrogen and oxygen atoms in total. The fourth-order valence-electron chi connectivity index (χ4n) is 2.11. The summed E-state index contributed by atoms with van der Waals surface area (Å²) in [5.74, 6) is 0.120. The fraction of sp³-hybridized carbons (Fsp3) is 0.583. The summed E-state index contributed by atoms with van der Waals surface area (Å²) in [7, 11) is 1.62. The van der Waals surface area contributed by atoms with Crippen molar-refractivity contribution in [2.24, 2.45) is 39.8 Å². The summed E-state index contributed by atoms with van der Waals surface area (Å²) in [5.41, 5.74) is 25.5. The van der Waals surface area contributed by atoms with Gasteiger partial charge in [-0.1, -0.05) is 12.2 Å². The Morgan fingerprint density at radius 1 is 1.44 bits per heavy atom. The van der Waals surface area contributed by atoms with E-state index in [4.69, 9.17) is 27.7 Å². The second-order valence-electron chi connectivity index (χ2n) is 4.61. The largest absolute Gasteiger partial charge is 0.401 e. The zero-order valence-corrected chi connectivity index (χ0v) is 11.0. The minimum Gasteiger partial charge on any atom is -0.401 e. The van der Waals surface area contributed by atoms with Gasteiger partial charge < -0.3 is 27.7 Å². The number of ether oxygens (including phenoxy) is 1.